The van der Waals surface area contributed by atoms with Gasteiger partial charge < -0.3 is 0 Å². The number of hydrazine groups is 1. The van der Waals surface area contributed by atoms with E-state index in [9.17, 15) is 0 Å². The van der Waals surface area contributed by atoms with Crippen molar-refractivity contribution in [1.29, 1.82) is 0 Å². The van der Waals surface area contributed by atoms with Gasteiger partial charge in [0, 0.05) is 12.5 Å². The van der Waals surface area contributed by atoms with Crippen LogP contribution >= 0.6 is 11.9 Å². The maximum Gasteiger partial charge on any atom is 0.110 e. The molecule has 58 valence electrons. The molecule has 0 bridgehead atoms. The zero-order valence-corrected chi connectivity index (χ0v) is 6.75. The minimum absolute atomic E-state index is 0.970. The molecule has 0 radical (unpaired) electrons. The van der Waals surface area contributed by atoms with Gasteiger partial charge in [-0.1, -0.05) is 0 Å². The fourth-order valence-electron chi connectivity index (χ4n) is 0.859. The molecule has 0 aliphatic carbocycles. The van der Waals surface area contributed by atoms with E-state index in [1.165, 1.54) is 11.9 Å². The Morgan fingerprint density at radius 2 is 2.55 bits per heavy atom. The molecule has 0 saturated carbocycles. The van der Waals surface area contributed by atoms with Crippen LogP contribution in [0.25, 0.3) is 6.08 Å². The standard InChI is InChI=1S/C5H7N5S/c1-11-10-7-3-2-5-4-6-8-9(5)10/h2-4,7H,1H3. The third kappa shape index (κ3) is 0.949. The van der Waals surface area contributed by atoms with E-state index in [0.29, 0.717) is 0 Å². The highest BCUT2D eigenvalue weighted by Crippen LogP contribution is 2.08. The lowest BCUT2D eigenvalue weighted by molar-refractivity contribution is 0.584. The Morgan fingerprint density at radius 1 is 1.64 bits per heavy atom. The van der Waals surface area contributed by atoms with E-state index in [-0.39, 0.29) is 0 Å². The second-order valence-corrected chi connectivity index (χ2v) is 2.68. The average molecular weight is 169 g/mol. The lowest BCUT2D eigenvalue weighted by Crippen LogP contribution is -2.40. The number of aromatic nitrogens is 3. The summed E-state index contributed by atoms with van der Waals surface area (Å²) in [6, 6.07) is 0. The maximum atomic E-state index is 3.87. The van der Waals surface area contributed by atoms with Crippen molar-refractivity contribution in [2.75, 3.05) is 10.8 Å². The number of hydrogen-bond donors (Lipinski definition) is 1. The Labute approximate surface area is 68.1 Å². The van der Waals surface area contributed by atoms with Crippen LogP contribution in [0.3, 0.4) is 0 Å². The molecule has 11 heavy (non-hydrogen) atoms. The number of nitrogens with zero attached hydrogens (tertiary/aromatic N) is 4. The predicted molar refractivity (Wildman–Crippen MR) is 43.9 cm³/mol. The van der Waals surface area contributed by atoms with Crippen molar-refractivity contribution in [1.82, 2.24) is 20.5 Å². The van der Waals surface area contributed by atoms with Crippen molar-refractivity contribution in [3.05, 3.63) is 18.1 Å². The second kappa shape index (κ2) is 2.46. The second-order valence-electron chi connectivity index (χ2n) is 1.97. The van der Waals surface area contributed by atoms with Crippen molar-refractivity contribution in [2.45, 2.75) is 0 Å². The van der Waals surface area contributed by atoms with Gasteiger partial charge in [-0.25, -0.2) is 0 Å². The molecule has 0 saturated heterocycles. The summed E-state index contributed by atoms with van der Waals surface area (Å²) in [5.41, 5.74) is 3.96. The average Bonchev–Trinajstić information content (AvgIpc) is 2.50. The third-order valence-electron chi connectivity index (χ3n) is 1.34. The fourth-order valence-corrected chi connectivity index (χ4v) is 1.31. The molecule has 0 atom stereocenters. The van der Waals surface area contributed by atoms with Crippen LogP contribution in [-0.2, 0) is 0 Å². The molecule has 5 nitrogen and oxygen atoms in total. The molecular formula is C5H7N5S. The summed E-state index contributed by atoms with van der Waals surface area (Å²) in [5.74, 6) is 0. The van der Waals surface area contributed by atoms with Gasteiger partial charge in [0.05, 0.1) is 6.20 Å². The van der Waals surface area contributed by atoms with Gasteiger partial charge in [-0.2, -0.15) is 0 Å². The first-order valence-corrected chi connectivity index (χ1v) is 4.28. The summed E-state index contributed by atoms with van der Waals surface area (Å²) in [7, 11) is 0. The Balaban J connectivity index is 2.41. The summed E-state index contributed by atoms with van der Waals surface area (Å²) in [6.45, 7) is 0. The predicted octanol–water partition coefficient (Wildman–Crippen LogP) is -0.0170. The van der Waals surface area contributed by atoms with E-state index < -0.39 is 0 Å². The van der Waals surface area contributed by atoms with E-state index in [2.05, 4.69) is 15.7 Å². The highest BCUT2D eigenvalue weighted by atomic mass is 32.2. The van der Waals surface area contributed by atoms with Crippen molar-refractivity contribution < 1.29 is 0 Å². The molecular weight excluding hydrogens is 162 g/mol. The first kappa shape index (κ1) is 6.53. The van der Waals surface area contributed by atoms with Gasteiger partial charge in [-0.15, -0.1) is 14.4 Å². The number of fused-ring (bicyclic) bond motifs is 1. The molecule has 0 fully saturated rings. The normalized spacial score (nSPS) is 14.5. The minimum atomic E-state index is 0.970. The topological polar surface area (TPSA) is 46.0 Å². The van der Waals surface area contributed by atoms with Crippen LogP contribution in [0.15, 0.2) is 12.4 Å². The first-order chi connectivity index (χ1) is 5.42. The fraction of sp³-hybridized carbons (Fsp3) is 0.200. The van der Waals surface area contributed by atoms with Crippen LogP contribution in [0, 0.1) is 0 Å². The van der Waals surface area contributed by atoms with Crippen molar-refractivity contribution >= 4 is 18.0 Å². The molecule has 1 aliphatic rings. The highest BCUT2D eigenvalue weighted by Gasteiger charge is 2.10. The lowest BCUT2D eigenvalue weighted by Gasteiger charge is -2.23. The van der Waals surface area contributed by atoms with Crippen LogP contribution < -0.4 is 9.95 Å². The number of hydrogen-bond acceptors (Lipinski definition) is 5. The van der Waals surface area contributed by atoms with Crippen LogP contribution in [-0.4, -0.2) is 21.4 Å². The first-order valence-electron chi connectivity index (χ1n) is 3.10. The Hall–Kier alpha value is -1.17. The molecule has 0 unspecified atom stereocenters. The van der Waals surface area contributed by atoms with Crippen molar-refractivity contribution in [3.63, 3.8) is 0 Å². The van der Waals surface area contributed by atoms with Crippen LogP contribution in [0.4, 0.5) is 0 Å². The minimum Gasteiger partial charge on any atom is -0.279 e. The van der Waals surface area contributed by atoms with Gasteiger partial charge >= 0.3 is 0 Å². The molecule has 1 aromatic heterocycles. The molecule has 6 heteroatoms. The van der Waals surface area contributed by atoms with Crippen LogP contribution in [0.5, 0.6) is 0 Å². The van der Waals surface area contributed by atoms with Crippen LogP contribution in [0.1, 0.15) is 5.69 Å². The highest BCUT2D eigenvalue weighted by molar-refractivity contribution is 7.99. The lowest BCUT2D eigenvalue weighted by atomic mass is 10.4. The van der Waals surface area contributed by atoms with Gasteiger partial charge in [0.25, 0.3) is 0 Å². The number of nitrogens with one attached hydrogen (secondary N) is 1. The van der Waals surface area contributed by atoms with Gasteiger partial charge in [0.2, 0.25) is 0 Å². The van der Waals surface area contributed by atoms with Crippen LogP contribution in [0.2, 0.25) is 0 Å². The third-order valence-corrected chi connectivity index (χ3v) is 1.95. The molecule has 1 aromatic rings. The molecule has 0 amide bonds. The Kier molecular flexibility index (Phi) is 1.46. The van der Waals surface area contributed by atoms with Gasteiger partial charge in [0.15, 0.2) is 0 Å². The summed E-state index contributed by atoms with van der Waals surface area (Å²) in [5, 5.41) is 7.64. The SMILES string of the molecule is CSN1NC=Cc2cnnn21. The smallest absolute Gasteiger partial charge is 0.110 e. The molecule has 0 spiro atoms. The Morgan fingerprint density at radius 3 is 3.36 bits per heavy atom. The van der Waals surface area contributed by atoms with E-state index in [0.717, 1.165) is 5.69 Å². The van der Waals surface area contributed by atoms with Crippen molar-refractivity contribution in [2.24, 2.45) is 0 Å². The van der Waals surface area contributed by atoms with Crippen molar-refractivity contribution in [3.8, 4) is 0 Å². The summed E-state index contributed by atoms with van der Waals surface area (Å²) >= 11 is 1.52. The zero-order valence-electron chi connectivity index (χ0n) is 5.93. The number of rotatable bonds is 1. The summed E-state index contributed by atoms with van der Waals surface area (Å²) in [6.07, 6.45) is 7.42. The molecule has 0 aromatic carbocycles. The zero-order chi connectivity index (χ0) is 7.68. The van der Waals surface area contributed by atoms with E-state index in [4.69, 9.17) is 0 Å². The van der Waals surface area contributed by atoms with E-state index in [1.807, 2.05) is 18.5 Å². The van der Waals surface area contributed by atoms with Gasteiger partial charge in [-0.3, -0.25) is 5.43 Å². The van der Waals surface area contributed by atoms with E-state index in [1.54, 1.807) is 15.5 Å². The van der Waals surface area contributed by atoms with Gasteiger partial charge in [0.1, 0.15) is 5.69 Å². The molecule has 2 heterocycles. The maximum absolute atomic E-state index is 3.87. The quantitative estimate of drug-likeness (QED) is 0.599. The Bertz CT molecular complexity index is 280. The van der Waals surface area contributed by atoms with Gasteiger partial charge in [-0.05, 0) is 23.2 Å². The van der Waals surface area contributed by atoms with E-state index >= 15 is 0 Å². The molecule has 1 aliphatic heterocycles. The molecule has 1 N–H and O–H groups in total. The largest absolute Gasteiger partial charge is 0.279 e. The summed E-state index contributed by atoms with van der Waals surface area (Å²) in [4.78, 5) is 1.69. The summed E-state index contributed by atoms with van der Waals surface area (Å²) < 4.78 is 1.78. The molecule has 2 rings (SSSR count). The monoisotopic (exact) mass is 169 g/mol.